The van der Waals surface area contributed by atoms with Crippen LogP contribution in [0.5, 0.6) is 0 Å². The van der Waals surface area contributed by atoms with Crippen LogP contribution in [0.25, 0.3) is 0 Å². The average Bonchev–Trinajstić information content (AvgIpc) is 1.19. The van der Waals surface area contributed by atoms with E-state index in [0.717, 1.165) is 128 Å². The van der Waals surface area contributed by atoms with Crippen LogP contribution in [-0.2, 0) is 60.6 Å². The van der Waals surface area contributed by atoms with Gasteiger partial charge in [-0.05, 0) is 44.9 Å². The Morgan fingerprint density at radius 1 is 0.357 bits per heavy atom. The molecular weight excluding hydrogens is 1310 g/mol. The fourth-order valence-electron chi connectivity index (χ4n) is 11.1. The molecule has 0 aliphatic heterocycles. The number of rotatable bonds is 73. The SMILES string of the molecule is CCCCCCCCCCCCCC(=O)N[C@H](COCC[C@@H](CCCCCCC)OC(C)=O)COP(=O)(O)OCCNC(=O)NCCOP(=O)(O)OC[C@@H](COCC[C@@H](CCCCCCC)OC(=O)CCCCCCCCCCC)NC(=O)NCCCCCCCCCCCC.[H-].[H-].[Na+].[Na+]. The van der Waals surface area contributed by atoms with Crippen molar-refractivity contribution in [2.45, 2.75) is 361 Å². The predicted octanol–water partition coefficient (Wildman–Crippen LogP) is 11.9. The van der Waals surface area contributed by atoms with Gasteiger partial charge in [0.2, 0.25) is 5.91 Å². The van der Waals surface area contributed by atoms with E-state index in [-0.39, 0.29) is 138 Å². The molecule has 0 bridgehead atoms. The maximum absolute atomic E-state index is 13.1. The second kappa shape index (κ2) is 74.4. The summed E-state index contributed by atoms with van der Waals surface area (Å²) in [5.41, 5.74) is 0. The van der Waals surface area contributed by atoms with Crippen molar-refractivity contribution < 1.29 is 142 Å². The molecule has 0 saturated heterocycles. The number of urea groups is 2. The Morgan fingerprint density at radius 3 is 1.07 bits per heavy atom. The zero-order valence-electron chi connectivity index (χ0n) is 65.5. The van der Waals surface area contributed by atoms with E-state index >= 15 is 0 Å². The van der Waals surface area contributed by atoms with E-state index in [0.29, 0.717) is 45.1 Å². The van der Waals surface area contributed by atoms with Crippen LogP contribution < -0.4 is 85.7 Å². The summed E-state index contributed by atoms with van der Waals surface area (Å²) in [6.45, 7) is 11.0. The van der Waals surface area contributed by atoms with Crippen LogP contribution in [0.3, 0.4) is 0 Å². The van der Waals surface area contributed by atoms with E-state index < -0.39 is 66.2 Å². The minimum Gasteiger partial charge on any atom is -1.00 e. The first kappa shape index (κ1) is 101. The molecule has 0 radical (unpaired) electrons. The summed E-state index contributed by atoms with van der Waals surface area (Å²) in [4.78, 5) is 84.9. The number of carbonyl (C=O) groups excluding carboxylic acids is 5. The van der Waals surface area contributed by atoms with E-state index in [2.05, 4.69) is 61.2 Å². The van der Waals surface area contributed by atoms with Crippen molar-refractivity contribution in [1.82, 2.24) is 26.6 Å². The Kier molecular flexibility index (Phi) is 76.8. The van der Waals surface area contributed by atoms with Crippen LogP contribution >= 0.6 is 15.6 Å². The van der Waals surface area contributed by atoms with E-state index in [4.69, 9.17) is 37.0 Å². The summed E-state index contributed by atoms with van der Waals surface area (Å²) >= 11 is 0. The number of phosphoric acid groups is 2. The zero-order valence-corrected chi connectivity index (χ0v) is 69.3. The van der Waals surface area contributed by atoms with E-state index in [1.54, 1.807) is 0 Å². The number of hydrogen-bond acceptors (Lipinski definition) is 15. The molecule has 98 heavy (non-hydrogen) atoms. The number of nitrogens with one attached hydrogen (secondary N) is 5. The van der Waals surface area contributed by atoms with Gasteiger partial charge in [0.15, 0.2) is 0 Å². The van der Waals surface area contributed by atoms with Crippen LogP contribution in [-0.4, -0.2) is 136 Å². The number of unbranched alkanes of at least 4 members (excludes halogenated alkanes) is 35. The Morgan fingerprint density at radius 2 is 0.684 bits per heavy atom. The van der Waals surface area contributed by atoms with Gasteiger partial charge in [-0.2, -0.15) is 0 Å². The first-order valence-electron chi connectivity index (χ1n) is 38.6. The van der Waals surface area contributed by atoms with Crippen molar-refractivity contribution in [1.29, 1.82) is 0 Å². The van der Waals surface area contributed by atoms with Crippen molar-refractivity contribution in [3.8, 4) is 0 Å². The zero-order chi connectivity index (χ0) is 70.7. The molecule has 0 spiro atoms. The topological polar surface area (TPSA) is 294 Å². The third kappa shape index (κ3) is 72.1. The molecule has 0 saturated carbocycles. The number of ether oxygens (including phenoxy) is 4. The predicted molar refractivity (Wildman–Crippen MR) is 387 cm³/mol. The maximum atomic E-state index is 13.1. The van der Waals surface area contributed by atoms with Gasteiger partial charge < -0.3 is 58.2 Å². The molecule has 6 atom stereocenters. The first-order valence-corrected chi connectivity index (χ1v) is 41.6. The summed E-state index contributed by atoms with van der Waals surface area (Å²) in [5.74, 6) is -0.813. The van der Waals surface area contributed by atoms with Gasteiger partial charge in [0, 0.05) is 52.2 Å². The minimum absolute atomic E-state index is 0. The van der Waals surface area contributed by atoms with Crippen molar-refractivity contribution >= 4 is 45.6 Å². The molecule has 0 heterocycles. The fraction of sp³-hybridized carbons (Fsp3) is 0.931. The van der Waals surface area contributed by atoms with Gasteiger partial charge in [-0.15, -0.1) is 0 Å². The summed E-state index contributed by atoms with van der Waals surface area (Å²) in [6.07, 6.45) is 47.6. The quantitative estimate of drug-likeness (QED) is 0.0129. The standard InChI is InChI=1S/C72H143N5O17P2.2Na.2H/c1-7-12-17-22-25-28-30-32-34-39-44-49-69(79)76-65(60-87-56-51-67(93-64(6)78)47-42-37-20-15-10-4)62-91-95(83,84)89-58-54-74-71(81)75-55-59-90-96(85,86)92-63-66(77-72(82)73-53-46-41-36-33-29-26-23-18-13-8-2)61-88-57-52-68(48-43-38-21-16-11-5)94-70(80)50-45-40-35-31-27-24-19-14-9-3;;;;/h65-68H,7-63H2,1-6H3,(H,76,79)(H,83,84)(H,85,86)(H2,73,77,82)(H2,74,75,81);;;;/q;2*+1;2*-1/t65-,66-,67-,68-;;;;/m1..../s1. The van der Waals surface area contributed by atoms with Gasteiger partial charge in [-0.1, -0.05) is 259 Å². The number of carbonyl (C=O) groups is 5. The van der Waals surface area contributed by atoms with Crippen molar-refractivity contribution in [2.24, 2.45) is 0 Å². The summed E-state index contributed by atoms with van der Waals surface area (Å²) in [5, 5.41) is 13.5. The minimum atomic E-state index is -4.71. The van der Waals surface area contributed by atoms with Gasteiger partial charge in [0.25, 0.3) is 0 Å². The second-order valence-electron chi connectivity index (χ2n) is 26.3. The van der Waals surface area contributed by atoms with Crippen LogP contribution in [0.15, 0.2) is 0 Å². The normalized spacial score (nSPS) is 13.8. The molecule has 0 aliphatic carbocycles. The van der Waals surface area contributed by atoms with Crippen LogP contribution in [0.4, 0.5) is 9.59 Å². The average molecular weight is 1460 g/mol. The van der Waals surface area contributed by atoms with Gasteiger partial charge in [-0.3, -0.25) is 32.5 Å². The maximum Gasteiger partial charge on any atom is 1.00 e. The molecule has 0 aromatic heterocycles. The molecule has 0 aromatic rings. The van der Waals surface area contributed by atoms with Crippen molar-refractivity contribution in [2.75, 3.05) is 72.5 Å². The molecule has 0 fully saturated rings. The fourth-order valence-corrected chi connectivity index (χ4v) is 12.7. The Labute approximate surface area is 643 Å². The molecule has 26 heteroatoms. The number of phosphoric ester groups is 2. The third-order valence-corrected chi connectivity index (χ3v) is 18.8. The molecule has 0 aliphatic rings. The summed E-state index contributed by atoms with van der Waals surface area (Å²) < 4.78 is 70.4. The van der Waals surface area contributed by atoms with Crippen molar-refractivity contribution in [3.05, 3.63) is 0 Å². The molecular formula is C72H145N5Na2O17P2. The molecule has 0 aromatic carbocycles. The Bertz CT molecular complexity index is 1960. The smallest absolute Gasteiger partial charge is 1.00 e. The van der Waals surface area contributed by atoms with Crippen LogP contribution in [0.2, 0.25) is 0 Å². The Hall–Kier alpha value is -0.910. The van der Waals surface area contributed by atoms with Crippen molar-refractivity contribution in [3.63, 3.8) is 0 Å². The molecule has 22 nitrogen and oxygen atoms in total. The first-order chi connectivity index (χ1) is 46.5. The molecule has 2 unspecified atom stereocenters. The van der Waals surface area contributed by atoms with Crippen LogP contribution in [0, 0.1) is 0 Å². The van der Waals surface area contributed by atoms with E-state index in [1.165, 1.54) is 129 Å². The second-order valence-corrected chi connectivity index (χ2v) is 29.2. The van der Waals surface area contributed by atoms with E-state index in [1.807, 2.05) is 0 Å². The summed E-state index contributed by atoms with van der Waals surface area (Å²) in [7, 11) is -9.40. The Balaban J connectivity index is -0.00000752. The molecule has 0 rings (SSSR count). The van der Waals surface area contributed by atoms with E-state index in [9.17, 15) is 42.9 Å². The number of hydrogen-bond donors (Lipinski definition) is 7. The monoisotopic (exact) mass is 1460 g/mol. The molecule has 7 N–H and O–H groups in total. The van der Waals surface area contributed by atoms with Gasteiger partial charge in [0.1, 0.15) is 12.2 Å². The molecule has 572 valence electrons. The van der Waals surface area contributed by atoms with Gasteiger partial charge in [0.05, 0.1) is 64.9 Å². The number of esters is 2. The third-order valence-electron chi connectivity index (χ3n) is 16.9. The summed E-state index contributed by atoms with van der Waals surface area (Å²) in [6, 6.07) is -2.87. The van der Waals surface area contributed by atoms with Crippen LogP contribution in [0.1, 0.15) is 340 Å². The van der Waals surface area contributed by atoms with Gasteiger partial charge >= 0.3 is 98.8 Å². The molecule has 5 amide bonds. The number of amides is 5. The van der Waals surface area contributed by atoms with Gasteiger partial charge in [-0.25, -0.2) is 18.7 Å². The largest absolute Gasteiger partial charge is 1.00 e.